The van der Waals surface area contributed by atoms with Crippen molar-refractivity contribution >= 4 is 16.8 Å². The molecular weight excluding hydrogens is 228 g/mol. The fourth-order valence-electron chi connectivity index (χ4n) is 2.11. The van der Waals surface area contributed by atoms with E-state index in [4.69, 9.17) is 4.42 Å². The molecule has 2 N–H and O–H groups in total. The van der Waals surface area contributed by atoms with Gasteiger partial charge in [0.2, 0.25) is 0 Å². The maximum absolute atomic E-state index is 11.1. The molecule has 0 aliphatic heterocycles. The maximum Gasteiger partial charge on any atom is 0.417 e. The van der Waals surface area contributed by atoms with Crippen molar-refractivity contribution in [3.05, 3.63) is 28.7 Å². The number of hydrogen-bond acceptors (Lipinski definition) is 3. The number of H-pyrrole nitrogens is 1. The van der Waals surface area contributed by atoms with Crippen LogP contribution in [0.3, 0.4) is 0 Å². The zero-order valence-corrected chi connectivity index (χ0v) is 11.0. The zero-order valence-electron chi connectivity index (χ0n) is 11.0. The molecule has 0 bridgehead atoms. The lowest BCUT2D eigenvalue weighted by molar-refractivity contribution is 0.555. The van der Waals surface area contributed by atoms with Crippen LogP contribution >= 0.6 is 0 Å². The molecule has 1 heterocycles. The van der Waals surface area contributed by atoms with Gasteiger partial charge in [-0.3, -0.25) is 4.98 Å². The molecule has 0 spiro atoms. The summed E-state index contributed by atoms with van der Waals surface area (Å²) in [6.45, 7) is 4.39. The fraction of sp³-hybridized carbons (Fsp3) is 0.500. The molecule has 1 aromatic carbocycles. The number of benzene rings is 1. The van der Waals surface area contributed by atoms with Crippen molar-refractivity contribution < 1.29 is 4.42 Å². The first-order valence-corrected chi connectivity index (χ1v) is 6.62. The molecular formula is C14H20N2O2. The van der Waals surface area contributed by atoms with Crippen LogP contribution < -0.4 is 11.1 Å². The molecule has 98 valence electrons. The van der Waals surface area contributed by atoms with Crippen LogP contribution in [-0.2, 0) is 0 Å². The molecule has 0 fully saturated rings. The molecule has 2 aromatic rings. The number of unbranched alkanes of at least 4 members (excludes halogenated alkanes) is 1. The van der Waals surface area contributed by atoms with E-state index in [1.807, 2.05) is 18.2 Å². The van der Waals surface area contributed by atoms with Gasteiger partial charge in [-0.1, -0.05) is 26.7 Å². The van der Waals surface area contributed by atoms with E-state index >= 15 is 0 Å². The van der Waals surface area contributed by atoms with Gasteiger partial charge in [0.1, 0.15) is 0 Å². The first kappa shape index (κ1) is 12.7. The van der Waals surface area contributed by atoms with Gasteiger partial charge in [-0.25, -0.2) is 4.79 Å². The van der Waals surface area contributed by atoms with E-state index in [1.54, 1.807) is 0 Å². The van der Waals surface area contributed by atoms with Crippen molar-refractivity contribution in [2.75, 3.05) is 5.32 Å². The van der Waals surface area contributed by atoms with Gasteiger partial charge >= 0.3 is 5.76 Å². The number of aromatic nitrogens is 1. The van der Waals surface area contributed by atoms with Gasteiger partial charge in [0.15, 0.2) is 5.58 Å². The average Bonchev–Trinajstić information content (AvgIpc) is 2.73. The summed E-state index contributed by atoms with van der Waals surface area (Å²) in [5.41, 5.74) is 2.38. The van der Waals surface area contributed by atoms with Crippen LogP contribution in [0.25, 0.3) is 11.1 Å². The van der Waals surface area contributed by atoms with Gasteiger partial charge in [0.05, 0.1) is 5.52 Å². The topological polar surface area (TPSA) is 58.0 Å². The Morgan fingerprint density at radius 3 is 2.94 bits per heavy atom. The third-order valence-corrected chi connectivity index (χ3v) is 3.19. The third-order valence-electron chi connectivity index (χ3n) is 3.19. The molecule has 0 radical (unpaired) electrons. The van der Waals surface area contributed by atoms with Crippen molar-refractivity contribution in [1.29, 1.82) is 0 Å². The van der Waals surface area contributed by atoms with Crippen molar-refractivity contribution in [2.45, 2.75) is 45.6 Å². The first-order chi connectivity index (χ1) is 8.72. The Morgan fingerprint density at radius 1 is 1.39 bits per heavy atom. The standard InChI is InChI=1S/C14H20N2O2/c1-3-5-6-10(4-2)15-11-7-8-13-12(9-11)16-14(17)18-13/h7-10,15H,3-6H2,1-2H3,(H,16,17). The van der Waals surface area contributed by atoms with Gasteiger partial charge < -0.3 is 9.73 Å². The second-order valence-electron chi connectivity index (χ2n) is 4.62. The van der Waals surface area contributed by atoms with Gasteiger partial charge in [-0.15, -0.1) is 0 Å². The minimum atomic E-state index is -0.403. The highest BCUT2D eigenvalue weighted by molar-refractivity contribution is 5.76. The Hall–Kier alpha value is -1.71. The number of rotatable bonds is 6. The van der Waals surface area contributed by atoms with Gasteiger partial charge in [-0.05, 0) is 31.0 Å². The summed E-state index contributed by atoms with van der Waals surface area (Å²) in [5.74, 6) is -0.403. The monoisotopic (exact) mass is 248 g/mol. The van der Waals surface area contributed by atoms with E-state index in [2.05, 4.69) is 24.1 Å². The Balaban J connectivity index is 2.12. The molecule has 4 nitrogen and oxygen atoms in total. The van der Waals surface area contributed by atoms with Crippen molar-refractivity contribution in [3.8, 4) is 0 Å². The molecule has 0 aliphatic carbocycles. The van der Waals surface area contributed by atoms with Gasteiger partial charge in [0, 0.05) is 11.7 Å². The Kier molecular flexibility index (Phi) is 4.07. The predicted octanol–water partition coefficient (Wildman–Crippen LogP) is 3.50. The third kappa shape index (κ3) is 2.94. The average molecular weight is 248 g/mol. The second kappa shape index (κ2) is 5.76. The van der Waals surface area contributed by atoms with Crippen molar-refractivity contribution in [2.24, 2.45) is 0 Å². The highest BCUT2D eigenvalue weighted by Gasteiger charge is 2.07. The number of aromatic amines is 1. The molecule has 18 heavy (non-hydrogen) atoms. The summed E-state index contributed by atoms with van der Waals surface area (Å²) >= 11 is 0. The summed E-state index contributed by atoms with van der Waals surface area (Å²) in [7, 11) is 0. The van der Waals surface area contributed by atoms with Crippen molar-refractivity contribution in [1.82, 2.24) is 4.98 Å². The normalized spacial score (nSPS) is 12.8. The van der Waals surface area contributed by atoms with Crippen LogP contribution in [0.4, 0.5) is 5.69 Å². The van der Waals surface area contributed by atoms with E-state index in [-0.39, 0.29) is 0 Å². The maximum atomic E-state index is 11.1. The number of oxazole rings is 1. The number of hydrogen-bond donors (Lipinski definition) is 2. The molecule has 2 rings (SSSR count). The van der Waals surface area contributed by atoms with E-state index < -0.39 is 5.76 Å². The van der Waals surface area contributed by atoms with Crippen LogP contribution in [0.2, 0.25) is 0 Å². The molecule has 0 saturated heterocycles. The van der Waals surface area contributed by atoms with Crippen LogP contribution in [0.1, 0.15) is 39.5 Å². The molecule has 1 aromatic heterocycles. The number of nitrogens with one attached hydrogen (secondary N) is 2. The highest BCUT2D eigenvalue weighted by atomic mass is 16.4. The Labute approximate surface area is 106 Å². The number of anilines is 1. The molecule has 1 atom stereocenters. The summed E-state index contributed by atoms with van der Waals surface area (Å²) < 4.78 is 4.98. The number of fused-ring (bicyclic) bond motifs is 1. The van der Waals surface area contributed by atoms with Crippen LogP contribution in [-0.4, -0.2) is 11.0 Å². The summed E-state index contributed by atoms with van der Waals surface area (Å²) in [4.78, 5) is 13.7. The smallest absolute Gasteiger partial charge is 0.408 e. The van der Waals surface area contributed by atoms with Crippen molar-refractivity contribution in [3.63, 3.8) is 0 Å². The molecule has 1 unspecified atom stereocenters. The van der Waals surface area contributed by atoms with Crippen LogP contribution in [0.5, 0.6) is 0 Å². The van der Waals surface area contributed by atoms with E-state index in [0.717, 1.165) is 17.6 Å². The molecule has 0 saturated carbocycles. The van der Waals surface area contributed by atoms with Crippen LogP contribution in [0.15, 0.2) is 27.4 Å². The van der Waals surface area contributed by atoms with Crippen LogP contribution in [0, 0.1) is 0 Å². The van der Waals surface area contributed by atoms with E-state index in [9.17, 15) is 4.79 Å². The summed E-state index contributed by atoms with van der Waals surface area (Å²) in [6, 6.07) is 6.19. The highest BCUT2D eigenvalue weighted by Crippen LogP contribution is 2.18. The Bertz CT molecular complexity index is 556. The lowest BCUT2D eigenvalue weighted by Gasteiger charge is -2.17. The fourth-order valence-corrected chi connectivity index (χ4v) is 2.11. The lowest BCUT2D eigenvalue weighted by atomic mass is 10.1. The minimum Gasteiger partial charge on any atom is -0.408 e. The first-order valence-electron chi connectivity index (χ1n) is 6.62. The molecule has 0 aliphatic rings. The van der Waals surface area contributed by atoms with E-state index in [1.165, 1.54) is 19.3 Å². The molecule has 0 amide bonds. The van der Waals surface area contributed by atoms with E-state index in [0.29, 0.717) is 11.6 Å². The quantitative estimate of drug-likeness (QED) is 0.822. The minimum absolute atomic E-state index is 0.403. The Morgan fingerprint density at radius 2 is 2.22 bits per heavy atom. The summed E-state index contributed by atoms with van der Waals surface area (Å²) in [5, 5.41) is 3.50. The predicted molar refractivity (Wildman–Crippen MR) is 74.1 cm³/mol. The second-order valence-corrected chi connectivity index (χ2v) is 4.62. The largest absolute Gasteiger partial charge is 0.417 e. The molecule has 4 heteroatoms. The van der Waals surface area contributed by atoms with Gasteiger partial charge in [-0.2, -0.15) is 0 Å². The lowest BCUT2D eigenvalue weighted by Crippen LogP contribution is -2.18. The summed E-state index contributed by atoms with van der Waals surface area (Å²) in [6.07, 6.45) is 4.72. The van der Waals surface area contributed by atoms with Gasteiger partial charge in [0.25, 0.3) is 0 Å². The zero-order chi connectivity index (χ0) is 13.0. The SMILES string of the molecule is CCCCC(CC)Nc1ccc2oc(=O)[nH]c2c1.